The Hall–Kier alpha value is -2.98. The second kappa shape index (κ2) is 8.81. The summed E-state index contributed by atoms with van der Waals surface area (Å²) in [4.78, 5) is 23.7. The number of halogens is 2. The maximum Gasteiger partial charge on any atom is 0.340 e. The van der Waals surface area contributed by atoms with Gasteiger partial charge in [0, 0.05) is 10.7 Å². The number of nitrogens with one attached hydrogen (secondary N) is 1. The molecule has 2 aromatic carbocycles. The zero-order valence-electron chi connectivity index (χ0n) is 14.4. The molecule has 1 amide bonds. The SMILES string of the molecule is COC(=O)c1cc(NC(=O)CSc2nnnn2-c2ccc(Cl)cc2)ccc1F. The Balaban J connectivity index is 1.65. The molecule has 3 rings (SSSR count). The van der Waals surface area contributed by atoms with Gasteiger partial charge in [-0.3, -0.25) is 4.79 Å². The molecule has 8 nitrogen and oxygen atoms in total. The van der Waals surface area contributed by atoms with Gasteiger partial charge in [0.25, 0.3) is 0 Å². The highest BCUT2D eigenvalue weighted by Gasteiger charge is 2.15. The lowest BCUT2D eigenvalue weighted by Crippen LogP contribution is -2.15. The lowest BCUT2D eigenvalue weighted by atomic mass is 10.2. The molecule has 28 heavy (non-hydrogen) atoms. The molecule has 0 aliphatic heterocycles. The fourth-order valence-corrected chi connectivity index (χ4v) is 3.03. The molecule has 0 fully saturated rings. The molecule has 0 atom stereocenters. The minimum atomic E-state index is -0.829. The third-order valence-corrected chi connectivity index (χ3v) is 4.67. The second-order valence-electron chi connectivity index (χ2n) is 5.37. The van der Waals surface area contributed by atoms with Crippen LogP contribution in [0.3, 0.4) is 0 Å². The zero-order chi connectivity index (χ0) is 20.1. The highest BCUT2D eigenvalue weighted by molar-refractivity contribution is 7.99. The number of ether oxygens (including phenoxy) is 1. The molecule has 1 N–H and O–H groups in total. The maximum absolute atomic E-state index is 13.7. The van der Waals surface area contributed by atoms with Crippen molar-refractivity contribution in [3.05, 3.63) is 58.9 Å². The number of methoxy groups -OCH3 is 1. The Kier molecular flexibility index (Phi) is 6.22. The molecule has 0 radical (unpaired) electrons. The van der Waals surface area contributed by atoms with Crippen molar-refractivity contribution in [1.29, 1.82) is 0 Å². The number of rotatable bonds is 6. The van der Waals surface area contributed by atoms with Crippen LogP contribution in [-0.2, 0) is 9.53 Å². The van der Waals surface area contributed by atoms with E-state index in [9.17, 15) is 14.0 Å². The molecule has 0 bridgehead atoms. The van der Waals surface area contributed by atoms with Crippen LogP contribution in [0.15, 0.2) is 47.6 Å². The standard InChI is InChI=1S/C17H13ClFN5O3S/c1-27-16(26)13-8-11(4-7-14(13)19)20-15(25)9-28-17-21-22-23-24(17)12-5-2-10(18)3-6-12/h2-8H,9H2,1H3,(H,20,25). The molecule has 144 valence electrons. The van der Waals surface area contributed by atoms with Crippen molar-refractivity contribution in [3.8, 4) is 5.69 Å². The predicted octanol–water partition coefficient (Wildman–Crippen LogP) is 2.97. The van der Waals surface area contributed by atoms with Crippen molar-refractivity contribution in [2.45, 2.75) is 5.16 Å². The molecule has 1 aromatic heterocycles. The topological polar surface area (TPSA) is 99.0 Å². The van der Waals surface area contributed by atoms with E-state index in [0.29, 0.717) is 15.9 Å². The first-order valence-electron chi connectivity index (χ1n) is 7.83. The van der Waals surface area contributed by atoms with E-state index in [0.717, 1.165) is 24.9 Å². The predicted molar refractivity (Wildman–Crippen MR) is 101 cm³/mol. The van der Waals surface area contributed by atoms with Gasteiger partial charge in [0.1, 0.15) is 5.82 Å². The van der Waals surface area contributed by atoms with E-state index in [1.165, 1.54) is 16.8 Å². The molecule has 11 heteroatoms. The summed E-state index contributed by atoms with van der Waals surface area (Å²) in [6.07, 6.45) is 0. The van der Waals surface area contributed by atoms with Crippen molar-refractivity contribution in [1.82, 2.24) is 20.2 Å². The number of hydrogen-bond acceptors (Lipinski definition) is 7. The summed E-state index contributed by atoms with van der Waals surface area (Å²) in [7, 11) is 1.15. The minimum absolute atomic E-state index is 0.00109. The average Bonchev–Trinajstić information content (AvgIpc) is 3.16. The number of carbonyl (C=O) groups excluding carboxylic acids is 2. The van der Waals surface area contributed by atoms with E-state index < -0.39 is 11.8 Å². The van der Waals surface area contributed by atoms with Gasteiger partial charge >= 0.3 is 5.97 Å². The van der Waals surface area contributed by atoms with Crippen molar-refractivity contribution in [2.75, 3.05) is 18.2 Å². The van der Waals surface area contributed by atoms with E-state index in [1.54, 1.807) is 24.3 Å². The van der Waals surface area contributed by atoms with Gasteiger partial charge < -0.3 is 10.1 Å². The monoisotopic (exact) mass is 421 g/mol. The summed E-state index contributed by atoms with van der Waals surface area (Å²) in [5, 5.41) is 15.0. The van der Waals surface area contributed by atoms with Gasteiger partial charge in [-0.15, -0.1) is 5.10 Å². The quantitative estimate of drug-likeness (QED) is 0.482. The fourth-order valence-electron chi connectivity index (χ4n) is 2.21. The molecule has 0 aliphatic carbocycles. The van der Waals surface area contributed by atoms with E-state index in [-0.39, 0.29) is 22.9 Å². The molecular weight excluding hydrogens is 409 g/mol. The first kappa shape index (κ1) is 19.8. The smallest absolute Gasteiger partial charge is 0.340 e. The van der Waals surface area contributed by atoms with Crippen molar-refractivity contribution < 1.29 is 18.7 Å². The number of benzene rings is 2. The van der Waals surface area contributed by atoms with E-state index >= 15 is 0 Å². The summed E-state index contributed by atoms with van der Waals surface area (Å²) in [5.74, 6) is -1.94. The molecule has 0 saturated carbocycles. The van der Waals surface area contributed by atoms with Crippen LogP contribution in [0.25, 0.3) is 5.69 Å². The fraction of sp³-hybridized carbons (Fsp3) is 0.118. The Bertz CT molecular complexity index is 1010. The molecule has 0 saturated heterocycles. The Labute approximate surface area is 168 Å². The largest absolute Gasteiger partial charge is 0.465 e. The van der Waals surface area contributed by atoms with Crippen LogP contribution in [0.1, 0.15) is 10.4 Å². The Morgan fingerprint density at radius 1 is 1.25 bits per heavy atom. The van der Waals surface area contributed by atoms with Gasteiger partial charge in [0.05, 0.1) is 24.1 Å². The van der Waals surface area contributed by atoms with Gasteiger partial charge in [-0.1, -0.05) is 23.4 Å². The first-order valence-corrected chi connectivity index (χ1v) is 9.19. The molecule has 3 aromatic rings. The summed E-state index contributed by atoms with van der Waals surface area (Å²) in [5.41, 5.74) is 0.697. The molecular formula is C17H13ClFN5O3S. The van der Waals surface area contributed by atoms with Crippen LogP contribution in [-0.4, -0.2) is 44.9 Å². The van der Waals surface area contributed by atoms with Crippen molar-refractivity contribution in [2.24, 2.45) is 0 Å². The van der Waals surface area contributed by atoms with Crippen LogP contribution in [0.2, 0.25) is 5.02 Å². The Morgan fingerprint density at radius 2 is 2.00 bits per heavy atom. The van der Waals surface area contributed by atoms with Crippen LogP contribution < -0.4 is 5.32 Å². The minimum Gasteiger partial charge on any atom is -0.465 e. The van der Waals surface area contributed by atoms with E-state index in [1.807, 2.05) is 0 Å². The third-order valence-electron chi connectivity index (χ3n) is 3.50. The third kappa shape index (κ3) is 4.65. The molecule has 0 unspecified atom stereocenters. The summed E-state index contributed by atoms with van der Waals surface area (Å²) in [6.45, 7) is 0. The highest BCUT2D eigenvalue weighted by atomic mass is 35.5. The highest BCUT2D eigenvalue weighted by Crippen LogP contribution is 2.21. The van der Waals surface area contributed by atoms with Crippen LogP contribution >= 0.6 is 23.4 Å². The molecule has 0 spiro atoms. The van der Waals surface area contributed by atoms with Gasteiger partial charge in [0.15, 0.2) is 0 Å². The number of esters is 1. The molecule has 0 aliphatic rings. The number of hydrogen-bond donors (Lipinski definition) is 1. The van der Waals surface area contributed by atoms with Crippen LogP contribution in [0.4, 0.5) is 10.1 Å². The summed E-state index contributed by atoms with van der Waals surface area (Å²) < 4.78 is 19.6. The van der Waals surface area contributed by atoms with Gasteiger partial charge in [-0.05, 0) is 52.9 Å². The number of thioether (sulfide) groups is 1. The number of tetrazole rings is 1. The average molecular weight is 422 g/mol. The first-order chi connectivity index (χ1) is 13.5. The second-order valence-corrected chi connectivity index (χ2v) is 6.75. The van der Waals surface area contributed by atoms with E-state index in [2.05, 4.69) is 25.6 Å². The zero-order valence-corrected chi connectivity index (χ0v) is 16.0. The van der Waals surface area contributed by atoms with Crippen molar-refractivity contribution >= 4 is 40.9 Å². The summed E-state index contributed by atoms with van der Waals surface area (Å²) in [6, 6.07) is 10.5. The number of carbonyl (C=O) groups is 2. The van der Waals surface area contributed by atoms with Crippen LogP contribution in [0.5, 0.6) is 0 Å². The van der Waals surface area contributed by atoms with Gasteiger partial charge in [-0.2, -0.15) is 4.68 Å². The van der Waals surface area contributed by atoms with Crippen LogP contribution in [0, 0.1) is 5.82 Å². The lowest BCUT2D eigenvalue weighted by molar-refractivity contribution is -0.113. The van der Waals surface area contributed by atoms with E-state index in [4.69, 9.17) is 11.6 Å². The summed E-state index contributed by atoms with van der Waals surface area (Å²) >= 11 is 6.99. The number of anilines is 1. The van der Waals surface area contributed by atoms with Gasteiger partial charge in [-0.25, -0.2) is 9.18 Å². The maximum atomic E-state index is 13.7. The number of aromatic nitrogens is 4. The molecule has 1 heterocycles. The Morgan fingerprint density at radius 3 is 2.71 bits per heavy atom. The van der Waals surface area contributed by atoms with Crippen molar-refractivity contribution in [3.63, 3.8) is 0 Å². The number of nitrogens with zero attached hydrogens (tertiary/aromatic N) is 4. The number of amides is 1. The lowest BCUT2D eigenvalue weighted by Gasteiger charge is -2.08. The van der Waals surface area contributed by atoms with Gasteiger partial charge in [0.2, 0.25) is 11.1 Å². The normalized spacial score (nSPS) is 10.5.